The van der Waals surface area contributed by atoms with Gasteiger partial charge in [-0.25, -0.2) is 27.2 Å². The fourth-order valence-electron chi connectivity index (χ4n) is 5.62. The van der Waals surface area contributed by atoms with Crippen LogP contribution in [0.15, 0.2) is 47.6 Å². The van der Waals surface area contributed by atoms with Crippen molar-refractivity contribution in [2.75, 3.05) is 0 Å². The fourth-order valence-corrected chi connectivity index (χ4v) is 6.92. The zero-order valence-corrected chi connectivity index (χ0v) is 23.6. The van der Waals surface area contributed by atoms with E-state index in [-0.39, 0.29) is 28.5 Å². The topological polar surface area (TPSA) is 132 Å². The number of benzene rings is 1. The van der Waals surface area contributed by atoms with Gasteiger partial charge in [-0.1, -0.05) is 17.7 Å². The van der Waals surface area contributed by atoms with E-state index >= 15 is 0 Å². The summed E-state index contributed by atoms with van der Waals surface area (Å²) in [7, 11) is -3.81. The van der Waals surface area contributed by atoms with Gasteiger partial charge in [0.05, 0.1) is 23.3 Å². The smallest absolute Gasteiger partial charge is 0.408 e. The van der Waals surface area contributed by atoms with Crippen LogP contribution in [0, 0.1) is 12.3 Å². The lowest BCUT2D eigenvalue weighted by molar-refractivity contribution is -0.138. The number of nitrogens with one attached hydrogen (secondary N) is 2. The maximum atomic E-state index is 13.3. The van der Waals surface area contributed by atoms with Crippen LogP contribution < -0.4 is 10.6 Å². The monoisotopic (exact) mass is 553 g/mol. The molecule has 0 spiro atoms. The fraction of sp³-hybridized carbons (Fsp3) is 0.500. The Morgan fingerprint density at radius 3 is 2.28 bits per heavy atom. The Bertz CT molecular complexity index is 1500. The second-order valence-electron chi connectivity index (χ2n) is 11.9. The van der Waals surface area contributed by atoms with Crippen LogP contribution >= 0.6 is 0 Å². The molecular weight excluding hydrogens is 518 g/mol. The average molecular weight is 554 g/mol. The minimum absolute atomic E-state index is 0.0190. The Hall–Kier alpha value is -3.47. The quantitative estimate of drug-likeness (QED) is 0.467. The number of hydrogen-bond donors (Lipinski definition) is 2. The van der Waals surface area contributed by atoms with Crippen LogP contribution in [0.1, 0.15) is 70.6 Å². The maximum Gasteiger partial charge on any atom is 0.408 e. The molecule has 2 heterocycles. The third-order valence-corrected chi connectivity index (χ3v) is 9.59. The van der Waals surface area contributed by atoms with Gasteiger partial charge < -0.3 is 15.4 Å². The first kappa shape index (κ1) is 27.1. The second kappa shape index (κ2) is 9.62. The number of aryl methyl sites for hydroxylation is 1. The first-order valence-electron chi connectivity index (χ1n) is 13.3. The van der Waals surface area contributed by atoms with Crippen molar-refractivity contribution in [2.45, 2.75) is 88.8 Å². The predicted octanol–water partition coefficient (Wildman–Crippen LogP) is 4.21. The van der Waals surface area contributed by atoms with E-state index in [0.29, 0.717) is 30.5 Å². The van der Waals surface area contributed by atoms with Gasteiger partial charge in [-0.2, -0.15) is 0 Å². The molecule has 39 heavy (non-hydrogen) atoms. The standard InChI is InChI=1S/C28H35N5O5S/c1-19-5-7-21(8-6-19)39(36,37)33-16-9-22-23(33)29-17-20(31-22)18-30-24(34)27-10-13-28(14-11-27,15-12-27)32-25(35)38-26(2,3)4/h5-9,16-17H,10-15,18H2,1-4H3,(H,30,34)(H,32,35). The highest BCUT2D eigenvalue weighted by molar-refractivity contribution is 7.90. The van der Waals surface area contributed by atoms with Crippen molar-refractivity contribution in [3.05, 3.63) is 54.0 Å². The molecule has 10 nitrogen and oxygen atoms in total. The summed E-state index contributed by atoms with van der Waals surface area (Å²) in [5, 5.41) is 6.10. The van der Waals surface area contributed by atoms with E-state index in [2.05, 4.69) is 20.6 Å². The van der Waals surface area contributed by atoms with Gasteiger partial charge in [-0.05, 0) is 84.4 Å². The molecule has 3 saturated carbocycles. The Labute approximate surface area is 228 Å². The normalized spacial score (nSPS) is 23.0. The number of hydrogen-bond acceptors (Lipinski definition) is 7. The van der Waals surface area contributed by atoms with Gasteiger partial charge in [0.1, 0.15) is 11.1 Å². The molecular formula is C28H35N5O5S. The van der Waals surface area contributed by atoms with Crippen molar-refractivity contribution in [3.63, 3.8) is 0 Å². The van der Waals surface area contributed by atoms with E-state index in [4.69, 9.17) is 4.74 Å². The minimum atomic E-state index is -3.81. The molecule has 0 aliphatic heterocycles. The molecule has 2 N–H and O–H groups in total. The van der Waals surface area contributed by atoms with E-state index in [9.17, 15) is 18.0 Å². The maximum absolute atomic E-state index is 13.3. The average Bonchev–Trinajstić information content (AvgIpc) is 3.31. The van der Waals surface area contributed by atoms with Crippen LogP contribution in [0.3, 0.4) is 0 Å². The molecule has 0 unspecified atom stereocenters. The van der Waals surface area contributed by atoms with Crippen molar-refractivity contribution in [2.24, 2.45) is 5.41 Å². The van der Waals surface area contributed by atoms with Crippen molar-refractivity contribution < 1.29 is 22.7 Å². The first-order valence-corrected chi connectivity index (χ1v) is 14.7. The van der Waals surface area contributed by atoms with Crippen LogP contribution in [0.25, 0.3) is 11.2 Å². The van der Waals surface area contributed by atoms with Gasteiger partial charge in [0.15, 0.2) is 5.65 Å². The lowest BCUT2D eigenvalue weighted by atomic mass is 9.57. The lowest BCUT2D eigenvalue weighted by Gasteiger charge is -2.52. The third kappa shape index (κ3) is 5.36. The number of ether oxygens (including phenoxy) is 1. The molecule has 2 amide bonds. The highest BCUT2D eigenvalue weighted by atomic mass is 32.2. The summed E-state index contributed by atoms with van der Waals surface area (Å²) in [6, 6.07) is 8.25. The van der Waals surface area contributed by atoms with Crippen LogP contribution in [-0.4, -0.2) is 45.5 Å². The molecule has 2 bridgehead atoms. The molecule has 3 aliphatic carbocycles. The minimum Gasteiger partial charge on any atom is -0.444 e. The van der Waals surface area contributed by atoms with E-state index in [1.807, 2.05) is 27.7 Å². The van der Waals surface area contributed by atoms with Gasteiger partial charge in [0.25, 0.3) is 10.0 Å². The largest absolute Gasteiger partial charge is 0.444 e. The summed E-state index contributed by atoms with van der Waals surface area (Å²) in [5.74, 6) is -0.0190. The summed E-state index contributed by atoms with van der Waals surface area (Å²) in [4.78, 5) is 34.7. The van der Waals surface area contributed by atoms with Crippen LogP contribution in [0.2, 0.25) is 0 Å². The number of rotatable bonds is 6. The summed E-state index contributed by atoms with van der Waals surface area (Å²) in [5.41, 5.74) is 0.854. The van der Waals surface area contributed by atoms with E-state index < -0.39 is 27.1 Å². The molecule has 6 rings (SSSR count). The van der Waals surface area contributed by atoms with Crippen molar-refractivity contribution >= 4 is 33.2 Å². The Morgan fingerprint density at radius 1 is 1.03 bits per heavy atom. The van der Waals surface area contributed by atoms with Gasteiger partial charge in [-0.15, -0.1) is 0 Å². The number of carbonyl (C=O) groups is 2. The van der Waals surface area contributed by atoms with Crippen molar-refractivity contribution in [3.8, 4) is 0 Å². The molecule has 208 valence electrons. The second-order valence-corrected chi connectivity index (χ2v) is 13.7. The third-order valence-electron chi connectivity index (χ3n) is 7.91. The molecule has 3 aliphatic rings. The Morgan fingerprint density at radius 2 is 1.67 bits per heavy atom. The SMILES string of the molecule is Cc1ccc(S(=O)(=O)n2ccc3nc(CNC(=O)C45CCC(NC(=O)OC(C)(C)C)(CC4)CC5)cnc32)cc1. The van der Waals surface area contributed by atoms with Gasteiger partial charge in [0, 0.05) is 17.2 Å². The Balaban J connectivity index is 1.22. The number of aromatic nitrogens is 3. The van der Waals surface area contributed by atoms with E-state index in [1.54, 1.807) is 30.3 Å². The van der Waals surface area contributed by atoms with E-state index in [0.717, 1.165) is 28.8 Å². The first-order chi connectivity index (χ1) is 18.3. The van der Waals surface area contributed by atoms with Gasteiger partial charge in [0.2, 0.25) is 5.91 Å². The van der Waals surface area contributed by atoms with Crippen molar-refractivity contribution in [1.29, 1.82) is 0 Å². The molecule has 1 aromatic carbocycles. The molecule has 3 aromatic rings. The number of fused-ring (bicyclic) bond motifs is 4. The lowest BCUT2D eigenvalue weighted by Crippen LogP contribution is -2.60. The number of carbonyl (C=O) groups excluding carboxylic acids is 2. The molecule has 2 aromatic heterocycles. The molecule has 0 radical (unpaired) electrons. The summed E-state index contributed by atoms with van der Waals surface area (Å²) in [6.45, 7) is 7.61. The highest BCUT2D eigenvalue weighted by Crippen LogP contribution is 2.52. The zero-order valence-electron chi connectivity index (χ0n) is 22.8. The highest BCUT2D eigenvalue weighted by Gasteiger charge is 2.53. The van der Waals surface area contributed by atoms with Crippen LogP contribution in [0.5, 0.6) is 0 Å². The van der Waals surface area contributed by atoms with Crippen LogP contribution in [0.4, 0.5) is 4.79 Å². The summed E-state index contributed by atoms with van der Waals surface area (Å²) in [6.07, 6.45) is 6.81. The van der Waals surface area contributed by atoms with Crippen LogP contribution in [-0.2, 0) is 26.1 Å². The molecule has 0 atom stereocenters. The van der Waals surface area contributed by atoms with Gasteiger partial charge in [-0.3, -0.25) is 4.79 Å². The van der Waals surface area contributed by atoms with Crippen molar-refractivity contribution in [1.82, 2.24) is 24.6 Å². The number of amides is 2. The summed E-state index contributed by atoms with van der Waals surface area (Å²) < 4.78 is 32.8. The molecule has 0 saturated heterocycles. The summed E-state index contributed by atoms with van der Waals surface area (Å²) >= 11 is 0. The van der Waals surface area contributed by atoms with E-state index in [1.165, 1.54) is 12.4 Å². The Kier molecular flexibility index (Phi) is 6.69. The molecule has 11 heteroatoms. The predicted molar refractivity (Wildman–Crippen MR) is 145 cm³/mol. The zero-order chi connectivity index (χ0) is 28.1. The molecule has 3 fully saturated rings. The van der Waals surface area contributed by atoms with Gasteiger partial charge >= 0.3 is 6.09 Å². The number of alkyl carbamates (subject to hydrolysis) is 1. The number of nitrogens with zero attached hydrogens (tertiary/aromatic N) is 3.